The number of nitrogens with zero attached hydrogens (tertiary/aromatic N) is 2. The highest BCUT2D eigenvalue weighted by Gasteiger charge is 2.22. The highest BCUT2D eigenvalue weighted by molar-refractivity contribution is 5.60. The lowest BCUT2D eigenvalue weighted by Crippen LogP contribution is -2.15. The molecule has 0 bridgehead atoms. The standard InChI is InChI=1S/C29H42F2N2O/c1-3-5-7-8-9-10-22-11-13-23(14-12-22)15-16-24-17-18-25(29(31)28(24)30)26-19-20-27(33-32-26)34-21-6-4-2/h17-20,22-23H,3-16,21H2,1-2H3. The molecule has 1 saturated carbocycles. The smallest absolute Gasteiger partial charge is 0.233 e. The first-order valence-electron chi connectivity index (χ1n) is 13.6. The Labute approximate surface area is 204 Å². The SMILES string of the molecule is CCCCCCCC1CCC(CCc2ccc(-c3ccc(OCCCC)nn3)c(F)c2F)CC1. The second-order valence-electron chi connectivity index (χ2n) is 9.99. The van der Waals surface area contributed by atoms with Gasteiger partial charge < -0.3 is 4.74 Å². The van der Waals surface area contributed by atoms with Crippen molar-refractivity contribution >= 4 is 0 Å². The largest absolute Gasteiger partial charge is 0.477 e. The number of rotatable bonds is 14. The number of benzene rings is 1. The molecule has 1 aromatic carbocycles. The van der Waals surface area contributed by atoms with Crippen LogP contribution in [-0.4, -0.2) is 16.8 Å². The summed E-state index contributed by atoms with van der Waals surface area (Å²) in [5.41, 5.74) is 0.930. The van der Waals surface area contributed by atoms with Gasteiger partial charge in [-0.05, 0) is 48.8 Å². The summed E-state index contributed by atoms with van der Waals surface area (Å²) in [6.07, 6.45) is 16.7. The number of aryl methyl sites for hydroxylation is 1. The van der Waals surface area contributed by atoms with Gasteiger partial charge in [-0.25, -0.2) is 8.78 Å². The maximum Gasteiger partial charge on any atom is 0.233 e. The molecule has 1 aromatic heterocycles. The molecule has 0 atom stereocenters. The van der Waals surface area contributed by atoms with Crippen molar-refractivity contribution in [2.75, 3.05) is 6.61 Å². The summed E-state index contributed by atoms with van der Waals surface area (Å²) in [6.45, 7) is 4.91. The minimum absolute atomic E-state index is 0.147. The molecule has 3 rings (SSSR count). The van der Waals surface area contributed by atoms with Gasteiger partial charge >= 0.3 is 0 Å². The average molecular weight is 473 g/mol. The molecule has 0 spiro atoms. The Morgan fingerprint density at radius 1 is 0.765 bits per heavy atom. The van der Waals surface area contributed by atoms with Crippen molar-refractivity contribution in [3.8, 4) is 17.1 Å². The van der Waals surface area contributed by atoms with E-state index in [4.69, 9.17) is 4.74 Å². The Morgan fingerprint density at radius 2 is 1.47 bits per heavy atom. The number of aromatic nitrogens is 2. The second-order valence-corrected chi connectivity index (χ2v) is 9.99. The van der Waals surface area contributed by atoms with Gasteiger partial charge in [0.1, 0.15) is 0 Å². The molecule has 3 nitrogen and oxygen atoms in total. The molecule has 188 valence electrons. The molecule has 1 heterocycles. The Bertz CT molecular complexity index is 848. The van der Waals surface area contributed by atoms with Crippen molar-refractivity contribution in [2.45, 2.75) is 104 Å². The minimum atomic E-state index is -0.835. The van der Waals surface area contributed by atoms with E-state index in [1.165, 1.54) is 64.2 Å². The van der Waals surface area contributed by atoms with Gasteiger partial charge in [0.2, 0.25) is 5.88 Å². The highest BCUT2D eigenvalue weighted by Crippen LogP contribution is 2.35. The van der Waals surface area contributed by atoms with Crippen molar-refractivity contribution in [3.63, 3.8) is 0 Å². The van der Waals surface area contributed by atoms with Crippen LogP contribution in [0.15, 0.2) is 24.3 Å². The van der Waals surface area contributed by atoms with Gasteiger partial charge in [0, 0.05) is 11.6 Å². The molecule has 1 aliphatic rings. The molecule has 1 aliphatic carbocycles. The Hall–Kier alpha value is -2.04. The van der Waals surface area contributed by atoms with Crippen molar-refractivity contribution < 1.29 is 13.5 Å². The van der Waals surface area contributed by atoms with Crippen LogP contribution in [0.3, 0.4) is 0 Å². The van der Waals surface area contributed by atoms with E-state index in [1.54, 1.807) is 24.3 Å². The molecule has 2 aromatic rings. The Balaban J connectivity index is 1.46. The van der Waals surface area contributed by atoms with E-state index in [9.17, 15) is 8.78 Å². The Morgan fingerprint density at radius 3 is 2.15 bits per heavy atom. The summed E-state index contributed by atoms with van der Waals surface area (Å²) < 4.78 is 35.2. The molecule has 0 aliphatic heterocycles. The number of hydrogen-bond donors (Lipinski definition) is 0. The molecule has 0 unspecified atom stereocenters. The summed E-state index contributed by atoms with van der Waals surface area (Å²) >= 11 is 0. The molecule has 0 saturated heterocycles. The average Bonchev–Trinajstić information content (AvgIpc) is 2.86. The first-order chi connectivity index (χ1) is 16.6. The normalized spacial score (nSPS) is 18.2. The summed E-state index contributed by atoms with van der Waals surface area (Å²) in [5, 5.41) is 8.03. The quantitative estimate of drug-likeness (QED) is 0.258. The maximum atomic E-state index is 14.8. The van der Waals surface area contributed by atoms with Gasteiger partial charge in [0.15, 0.2) is 11.6 Å². The van der Waals surface area contributed by atoms with Gasteiger partial charge in [-0.1, -0.05) is 90.5 Å². The van der Waals surface area contributed by atoms with Gasteiger partial charge in [0.05, 0.1) is 12.3 Å². The fourth-order valence-electron chi connectivity index (χ4n) is 5.05. The van der Waals surface area contributed by atoms with Crippen molar-refractivity contribution in [1.82, 2.24) is 10.2 Å². The van der Waals surface area contributed by atoms with Crippen LogP contribution in [0.4, 0.5) is 8.78 Å². The van der Waals surface area contributed by atoms with Gasteiger partial charge in [0.25, 0.3) is 0 Å². The zero-order valence-corrected chi connectivity index (χ0v) is 21.1. The van der Waals surface area contributed by atoms with Crippen LogP contribution in [0.2, 0.25) is 0 Å². The monoisotopic (exact) mass is 472 g/mol. The van der Waals surface area contributed by atoms with Crippen molar-refractivity contribution in [3.05, 3.63) is 41.5 Å². The van der Waals surface area contributed by atoms with Gasteiger partial charge in [-0.15, -0.1) is 10.2 Å². The number of hydrogen-bond acceptors (Lipinski definition) is 3. The minimum Gasteiger partial charge on any atom is -0.477 e. The van der Waals surface area contributed by atoms with Crippen LogP contribution in [-0.2, 0) is 6.42 Å². The molecular weight excluding hydrogens is 430 g/mol. The number of halogens is 2. The fourth-order valence-corrected chi connectivity index (χ4v) is 5.05. The molecule has 0 radical (unpaired) electrons. The Kier molecular flexibility index (Phi) is 11.2. The van der Waals surface area contributed by atoms with E-state index >= 15 is 0 Å². The third-order valence-corrected chi connectivity index (χ3v) is 7.33. The van der Waals surface area contributed by atoms with E-state index in [-0.39, 0.29) is 5.56 Å². The predicted molar refractivity (Wildman–Crippen MR) is 135 cm³/mol. The third kappa shape index (κ3) is 8.02. The van der Waals surface area contributed by atoms with Crippen molar-refractivity contribution in [2.24, 2.45) is 11.8 Å². The van der Waals surface area contributed by atoms with Gasteiger partial charge in [-0.3, -0.25) is 0 Å². The predicted octanol–water partition coefficient (Wildman–Crippen LogP) is 8.70. The third-order valence-electron chi connectivity index (χ3n) is 7.33. The van der Waals surface area contributed by atoms with Crippen LogP contribution >= 0.6 is 0 Å². The van der Waals surface area contributed by atoms with Gasteiger partial charge in [-0.2, -0.15) is 0 Å². The summed E-state index contributed by atoms with van der Waals surface area (Å²) in [6, 6.07) is 6.63. The molecule has 34 heavy (non-hydrogen) atoms. The lowest BCUT2D eigenvalue weighted by molar-refractivity contribution is 0.248. The summed E-state index contributed by atoms with van der Waals surface area (Å²) in [5.74, 6) is 0.322. The van der Waals surface area contributed by atoms with Crippen molar-refractivity contribution in [1.29, 1.82) is 0 Å². The first kappa shape index (κ1) is 26.6. The van der Waals surface area contributed by atoms with Crippen LogP contribution in [0.25, 0.3) is 11.3 Å². The molecule has 0 amide bonds. The fraction of sp³-hybridized carbons (Fsp3) is 0.655. The molecule has 5 heteroatoms. The highest BCUT2D eigenvalue weighted by atomic mass is 19.2. The lowest BCUT2D eigenvalue weighted by Gasteiger charge is -2.28. The topological polar surface area (TPSA) is 35.0 Å². The zero-order chi connectivity index (χ0) is 24.2. The molecule has 0 N–H and O–H groups in total. The zero-order valence-electron chi connectivity index (χ0n) is 21.1. The van der Waals surface area contributed by atoms with Crippen LogP contribution in [0.5, 0.6) is 5.88 Å². The summed E-state index contributed by atoms with van der Waals surface area (Å²) in [7, 11) is 0. The second kappa shape index (κ2) is 14.4. The van der Waals surface area contributed by atoms with E-state index < -0.39 is 11.6 Å². The molecule has 1 fully saturated rings. The first-order valence-corrected chi connectivity index (χ1v) is 13.6. The number of ether oxygens (including phenoxy) is 1. The van der Waals surface area contributed by atoms with E-state index in [1.807, 2.05) is 0 Å². The van der Waals surface area contributed by atoms with Crippen LogP contribution in [0, 0.1) is 23.5 Å². The van der Waals surface area contributed by atoms with Crippen LogP contribution in [0.1, 0.15) is 103 Å². The number of unbranched alkanes of at least 4 members (excludes halogenated alkanes) is 5. The van der Waals surface area contributed by atoms with E-state index in [2.05, 4.69) is 24.0 Å². The molecular formula is C29H42F2N2O. The lowest BCUT2D eigenvalue weighted by atomic mass is 9.77. The van der Waals surface area contributed by atoms with Crippen LogP contribution < -0.4 is 4.74 Å². The van der Waals surface area contributed by atoms with E-state index in [0.29, 0.717) is 36.1 Å². The summed E-state index contributed by atoms with van der Waals surface area (Å²) in [4.78, 5) is 0. The maximum absolute atomic E-state index is 14.8. The van der Waals surface area contributed by atoms with E-state index in [0.717, 1.165) is 25.2 Å².